The largest absolute Gasteiger partial charge is 0.396 e. The lowest BCUT2D eigenvalue weighted by molar-refractivity contribution is 0.282. The Labute approximate surface area is 140 Å². The molecule has 134 valence electrons. The molecule has 0 aliphatic carbocycles. The van der Waals surface area contributed by atoms with Crippen LogP contribution < -0.4 is 0 Å². The van der Waals surface area contributed by atoms with Gasteiger partial charge in [0.1, 0.15) is 0 Å². The number of unbranched alkanes of at least 4 members (excludes halogenated alkanes) is 13. The third-order valence-corrected chi connectivity index (χ3v) is 3.72. The van der Waals surface area contributed by atoms with E-state index in [1.54, 1.807) is 0 Å². The van der Waals surface area contributed by atoms with Crippen molar-refractivity contribution in [2.75, 3.05) is 19.8 Å². The lowest BCUT2D eigenvalue weighted by Crippen LogP contribution is -1.84. The summed E-state index contributed by atoms with van der Waals surface area (Å²) in [6.07, 6.45) is 19.2. The second-order valence-corrected chi connectivity index (χ2v) is 5.93. The fourth-order valence-electron chi connectivity index (χ4n) is 2.31. The third-order valence-electron chi connectivity index (χ3n) is 3.72. The second kappa shape index (κ2) is 25.6. The first-order valence-electron chi connectivity index (χ1n) is 9.60. The van der Waals surface area contributed by atoms with Crippen LogP contribution in [0.4, 0.5) is 0 Å². The summed E-state index contributed by atoms with van der Waals surface area (Å²) in [4.78, 5) is 0. The van der Waals surface area contributed by atoms with Gasteiger partial charge in [0.05, 0.1) is 13.2 Å². The SMILES string of the molecule is C1CO1.C=C.CCCCCCCCCCCCCCCCO. The molecule has 2 heteroatoms. The molecular weight excluding hydrogens is 272 g/mol. The Morgan fingerprint density at radius 3 is 1.14 bits per heavy atom. The van der Waals surface area contributed by atoms with Gasteiger partial charge in [0.2, 0.25) is 0 Å². The number of epoxide rings is 1. The van der Waals surface area contributed by atoms with Gasteiger partial charge in [0.25, 0.3) is 0 Å². The van der Waals surface area contributed by atoms with Crippen LogP contribution in [0.15, 0.2) is 13.2 Å². The molecule has 1 rings (SSSR count). The Morgan fingerprint density at radius 2 is 0.909 bits per heavy atom. The molecule has 0 aromatic carbocycles. The standard InChI is InChI=1S/C16H34O.C2H4O.C2H4/c1-2-3-4-5-6-7-8-9-10-11-12-13-14-15-16-17;1-2-3-1;1-2/h17H,2-16H2,1H3;1-2H2;1-2H2. The maximum absolute atomic E-state index is 8.64. The first-order valence-corrected chi connectivity index (χ1v) is 9.60. The molecule has 0 aromatic heterocycles. The summed E-state index contributed by atoms with van der Waals surface area (Å²) < 4.78 is 4.50. The van der Waals surface area contributed by atoms with E-state index in [9.17, 15) is 0 Å². The van der Waals surface area contributed by atoms with Gasteiger partial charge in [-0.1, -0.05) is 90.4 Å². The minimum Gasteiger partial charge on any atom is -0.396 e. The van der Waals surface area contributed by atoms with Crippen LogP contribution in [0.5, 0.6) is 0 Å². The lowest BCUT2D eigenvalue weighted by atomic mass is 10.0. The molecule has 22 heavy (non-hydrogen) atoms. The van der Waals surface area contributed by atoms with E-state index >= 15 is 0 Å². The topological polar surface area (TPSA) is 32.8 Å². The number of ether oxygens (including phenoxy) is 1. The molecule has 1 heterocycles. The summed E-state index contributed by atoms with van der Waals surface area (Å²) in [5, 5.41) is 8.64. The van der Waals surface area contributed by atoms with Gasteiger partial charge in [-0.3, -0.25) is 0 Å². The smallest absolute Gasteiger partial charge is 0.0701 e. The Morgan fingerprint density at radius 1 is 0.636 bits per heavy atom. The van der Waals surface area contributed by atoms with Gasteiger partial charge in [-0.2, -0.15) is 0 Å². The van der Waals surface area contributed by atoms with Crippen LogP contribution in [0.3, 0.4) is 0 Å². The van der Waals surface area contributed by atoms with Gasteiger partial charge < -0.3 is 9.84 Å². The van der Waals surface area contributed by atoms with Crippen molar-refractivity contribution in [3.63, 3.8) is 0 Å². The number of hydrogen-bond acceptors (Lipinski definition) is 2. The summed E-state index contributed by atoms with van der Waals surface area (Å²) in [7, 11) is 0. The van der Waals surface area contributed by atoms with Gasteiger partial charge >= 0.3 is 0 Å². The molecule has 0 unspecified atom stereocenters. The number of aliphatic hydroxyl groups excluding tert-OH is 1. The molecule has 0 radical (unpaired) electrons. The van der Waals surface area contributed by atoms with E-state index in [1.807, 2.05) is 0 Å². The molecule has 0 bridgehead atoms. The molecule has 1 aliphatic heterocycles. The predicted octanol–water partition coefficient (Wildman–Crippen LogP) is 6.28. The number of hydrogen-bond donors (Lipinski definition) is 1. The van der Waals surface area contributed by atoms with Gasteiger partial charge in [-0.05, 0) is 6.42 Å². The highest BCUT2D eigenvalue weighted by molar-refractivity contribution is 4.48. The first kappa shape index (κ1) is 23.9. The molecule has 0 spiro atoms. The summed E-state index contributed by atoms with van der Waals surface area (Å²) >= 11 is 0. The predicted molar refractivity (Wildman–Crippen MR) is 99.5 cm³/mol. The highest BCUT2D eigenvalue weighted by atomic mass is 16.6. The molecule has 1 aliphatic rings. The molecular formula is C20H42O2. The molecule has 0 atom stereocenters. The van der Waals surface area contributed by atoms with Crippen LogP contribution in [0.2, 0.25) is 0 Å². The van der Waals surface area contributed by atoms with E-state index in [0.29, 0.717) is 6.61 Å². The van der Waals surface area contributed by atoms with Crippen LogP contribution in [0.1, 0.15) is 96.8 Å². The zero-order valence-electron chi connectivity index (χ0n) is 15.3. The monoisotopic (exact) mass is 314 g/mol. The zero-order valence-corrected chi connectivity index (χ0v) is 15.3. The van der Waals surface area contributed by atoms with Crippen LogP contribution in [0, 0.1) is 0 Å². The van der Waals surface area contributed by atoms with Crippen molar-refractivity contribution in [1.29, 1.82) is 0 Å². The van der Waals surface area contributed by atoms with Crippen molar-refractivity contribution in [2.45, 2.75) is 96.8 Å². The van der Waals surface area contributed by atoms with Crippen molar-refractivity contribution in [3.05, 3.63) is 13.2 Å². The Balaban J connectivity index is 0. The van der Waals surface area contributed by atoms with E-state index < -0.39 is 0 Å². The fourth-order valence-corrected chi connectivity index (χ4v) is 2.31. The molecule has 2 nitrogen and oxygen atoms in total. The first-order chi connectivity index (χ1) is 10.9. The van der Waals surface area contributed by atoms with Crippen molar-refractivity contribution < 1.29 is 9.84 Å². The Bertz CT molecular complexity index is 152. The van der Waals surface area contributed by atoms with Crippen molar-refractivity contribution in [2.24, 2.45) is 0 Å². The van der Waals surface area contributed by atoms with Crippen molar-refractivity contribution in [3.8, 4) is 0 Å². The Kier molecular flexibility index (Phi) is 27.8. The van der Waals surface area contributed by atoms with E-state index in [2.05, 4.69) is 24.8 Å². The lowest BCUT2D eigenvalue weighted by Gasteiger charge is -2.02. The molecule has 0 saturated carbocycles. The number of rotatable bonds is 14. The number of aliphatic hydroxyl groups is 1. The molecule has 1 fully saturated rings. The van der Waals surface area contributed by atoms with Gasteiger partial charge in [-0.25, -0.2) is 0 Å². The molecule has 1 N–H and O–H groups in total. The zero-order chi connectivity index (χ0) is 16.7. The molecule has 0 aromatic rings. The fraction of sp³-hybridized carbons (Fsp3) is 0.900. The summed E-state index contributed by atoms with van der Waals surface area (Å²) in [6.45, 7) is 10.7. The minimum absolute atomic E-state index is 0.373. The van der Waals surface area contributed by atoms with Crippen LogP contribution in [-0.4, -0.2) is 24.9 Å². The van der Waals surface area contributed by atoms with E-state index in [-0.39, 0.29) is 0 Å². The normalized spacial score (nSPS) is 11.9. The summed E-state index contributed by atoms with van der Waals surface area (Å²) in [6, 6.07) is 0. The molecule has 0 amide bonds. The average molecular weight is 315 g/mol. The van der Waals surface area contributed by atoms with Gasteiger partial charge in [-0.15, -0.1) is 13.2 Å². The van der Waals surface area contributed by atoms with Crippen LogP contribution >= 0.6 is 0 Å². The average Bonchev–Trinajstić information content (AvgIpc) is 3.43. The van der Waals surface area contributed by atoms with E-state index in [0.717, 1.165) is 19.6 Å². The van der Waals surface area contributed by atoms with Crippen LogP contribution in [-0.2, 0) is 4.74 Å². The summed E-state index contributed by atoms with van der Waals surface area (Å²) in [5.41, 5.74) is 0. The van der Waals surface area contributed by atoms with Crippen molar-refractivity contribution in [1.82, 2.24) is 0 Å². The van der Waals surface area contributed by atoms with Crippen molar-refractivity contribution >= 4 is 0 Å². The van der Waals surface area contributed by atoms with Crippen LogP contribution in [0.25, 0.3) is 0 Å². The maximum Gasteiger partial charge on any atom is 0.0701 e. The van der Waals surface area contributed by atoms with Gasteiger partial charge in [0.15, 0.2) is 0 Å². The second-order valence-electron chi connectivity index (χ2n) is 5.93. The summed E-state index contributed by atoms with van der Waals surface area (Å²) in [5.74, 6) is 0. The maximum atomic E-state index is 8.64. The third kappa shape index (κ3) is 31.9. The minimum atomic E-state index is 0.373. The van der Waals surface area contributed by atoms with E-state index in [4.69, 9.17) is 5.11 Å². The quantitative estimate of drug-likeness (QED) is 0.232. The highest BCUT2D eigenvalue weighted by Gasteiger charge is 1.94. The highest BCUT2D eigenvalue weighted by Crippen LogP contribution is 2.12. The Hall–Kier alpha value is -0.340. The molecule has 1 saturated heterocycles. The van der Waals surface area contributed by atoms with E-state index in [1.165, 1.54) is 83.5 Å². The van der Waals surface area contributed by atoms with Gasteiger partial charge in [0, 0.05) is 6.61 Å².